The molecule has 1 rings (SSSR count). The van der Waals surface area contributed by atoms with Gasteiger partial charge >= 0.3 is 0 Å². The highest BCUT2D eigenvalue weighted by atomic mass is 79.9. The van der Waals surface area contributed by atoms with Gasteiger partial charge < -0.3 is 0 Å². The van der Waals surface area contributed by atoms with Crippen LogP contribution in [0.4, 0.5) is 8.78 Å². The molecule has 0 aliphatic heterocycles. The minimum absolute atomic E-state index is 0.219. The van der Waals surface area contributed by atoms with Crippen molar-refractivity contribution in [2.24, 2.45) is 5.41 Å². The SMILES string of the molecule is CC(C)(Cn1cc(Br)cn1)C(F)F. The van der Waals surface area contributed by atoms with Crippen LogP contribution in [-0.4, -0.2) is 16.2 Å². The molecule has 0 unspecified atom stereocenters. The van der Waals surface area contributed by atoms with Gasteiger partial charge in [0.05, 0.1) is 17.2 Å². The van der Waals surface area contributed by atoms with E-state index in [0.717, 1.165) is 4.47 Å². The molecule has 1 aromatic rings. The van der Waals surface area contributed by atoms with Crippen LogP contribution in [0.5, 0.6) is 0 Å². The molecule has 0 spiro atoms. The van der Waals surface area contributed by atoms with Crippen molar-refractivity contribution < 1.29 is 8.78 Å². The van der Waals surface area contributed by atoms with Gasteiger partial charge in [0.1, 0.15) is 0 Å². The number of aromatic nitrogens is 2. The van der Waals surface area contributed by atoms with E-state index < -0.39 is 11.8 Å². The number of halogens is 3. The molecule has 0 aliphatic rings. The number of hydrogen-bond acceptors (Lipinski definition) is 1. The maximum absolute atomic E-state index is 12.5. The molecule has 0 aromatic carbocycles. The van der Waals surface area contributed by atoms with Crippen molar-refractivity contribution in [3.8, 4) is 0 Å². The summed E-state index contributed by atoms with van der Waals surface area (Å²) < 4.78 is 27.2. The van der Waals surface area contributed by atoms with Crippen LogP contribution in [0.1, 0.15) is 13.8 Å². The van der Waals surface area contributed by atoms with Crippen LogP contribution in [0.15, 0.2) is 16.9 Å². The summed E-state index contributed by atoms with van der Waals surface area (Å²) in [6.45, 7) is 3.26. The van der Waals surface area contributed by atoms with Crippen LogP contribution in [0.2, 0.25) is 0 Å². The average Bonchev–Trinajstić information content (AvgIpc) is 2.34. The second-order valence-electron chi connectivity index (χ2n) is 3.65. The first-order chi connectivity index (χ1) is 5.92. The smallest absolute Gasteiger partial charge is 0.245 e. The molecule has 13 heavy (non-hydrogen) atoms. The van der Waals surface area contributed by atoms with Crippen LogP contribution in [0.25, 0.3) is 0 Å². The Bertz CT molecular complexity index is 283. The van der Waals surface area contributed by atoms with Gasteiger partial charge in [0, 0.05) is 11.6 Å². The zero-order valence-corrected chi connectivity index (χ0v) is 9.05. The number of rotatable bonds is 3. The molecular formula is C8H11BrF2N2. The summed E-state index contributed by atoms with van der Waals surface area (Å²) >= 11 is 3.21. The van der Waals surface area contributed by atoms with Crippen LogP contribution in [0, 0.1) is 5.41 Å². The van der Waals surface area contributed by atoms with Crippen molar-refractivity contribution in [2.75, 3.05) is 0 Å². The fourth-order valence-electron chi connectivity index (χ4n) is 0.911. The quantitative estimate of drug-likeness (QED) is 0.809. The van der Waals surface area contributed by atoms with Gasteiger partial charge in [0.15, 0.2) is 0 Å². The zero-order valence-electron chi connectivity index (χ0n) is 7.47. The summed E-state index contributed by atoms with van der Waals surface area (Å²) in [6.07, 6.45) is 0.932. The Labute approximate surface area is 84.1 Å². The van der Waals surface area contributed by atoms with Crippen molar-refractivity contribution in [2.45, 2.75) is 26.8 Å². The Morgan fingerprint density at radius 2 is 2.23 bits per heavy atom. The van der Waals surface area contributed by atoms with E-state index in [0.29, 0.717) is 0 Å². The molecule has 0 saturated heterocycles. The second kappa shape index (κ2) is 3.74. The van der Waals surface area contributed by atoms with E-state index in [2.05, 4.69) is 21.0 Å². The highest BCUT2D eigenvalue weighted by Crippen LogP contribution is 2.26. The molecule has 2 nitrogen and oxygen atoms in total. The topological polar surface area (TPSA) is 17.8 Å². The van der Waals surface area contributed by atoms with Gasteiger partial charge in [-0.25, -0.2) is 8.78 Å². The van der Waals surface area contributed by atoms with Gasteiger partial charge in [-0.3, -0.25) is 4.68 Å². The molecule has 1 aromatic heterocycles. The Hall–Kier alpha value is -0.450. The van der Waals surface area contributed by atoms with Gasteiger partial charge in [-0.2, -0.15) is 5.10 Å². The largest absolute Gasteiger partial charge is 0.271 e. The molecule has 0 aliphatic carbocycles. The van der Waals surface area contributed by atoms with Gasteiger partial charge in [-0.1, -0.05) is 13.8 Å². The number of alkyl halides is 2. The molecule has 0 fully saturated rings. The van der Waals surface area contributed by atoms with Crippen LogP contribution in [-0.2, 0) is 6.54 Å². The lowest BCUT2D eigenvalue weighted by atomic mass is 9.94. The third kappa shape index (κ3) is 2.76. The van der Waals surface area contributed by atoms with Crippen molar-refractivity contribution in [3.05, 3.63) is 16.9 Å². The molecule has 0 radical (unpaired) electrons. The highest BCUT2D eigenvalue weighted by Gasteiger charge is 2.30. The lowest BCUT2D eigenvalue weighted by Crippen LogP contribution is -2.27. The molecule has 0 saturated carbocycles. The Morgan fingerprint density at radius 3 is 2.62 bits per heavy atom. The highest BCUT2D eigenvalue weighted by molar-refractivity contribution is 9.10. The summed E-state index contributed by atoms with van der Waals surface area (Å²) in [5.41, 5.74) is -1.04. The van der Waals surface area contributed by atoms with Crippen molar-refractivity contribution in [3.63, 3.8) is 0 Å². The van der Waals surface area contributed by atoms with Crippen molar-refractivity contribution in [1.29, 1.82) is 0 Å². The van der Waals surface area contributed by atoms with Crippen LogP contribution < -0.4 is 0 Å². The first-order valence-electron chi connectivity index (χ1n) is 3.88. The molecule has 1 heterocycles. The molecule has 0 N–H and O–H groups in total. The molecule has 0 bridgehead atoms. The summed E-state index contributed by atoms with van der Waals surface area (Å²) in [6, 6.07) is 0. The monoisotopic (exact) mass is 252 g/mol. The third-order valence-electron chi connectivity index (χ3n) is 1.76. The van der Waals surface area contributed by atoms with E-state index in [1.54, 1.807) is 12.4 Å². The van der Waals surface area contributed by atoms with E-state index in [1.165, 1.54) is 18.5 Å². The van der Waals surface area contributed by atoms with Gasteiger partial charge in [0.2, 0.25) is 6.43 Å². The van der Waals surface area contributed by atoms with Crippen molar-refractivity contribution in [1.82, 2.24) is 9.78 Å². The van der Waals surface area contributed by atoms with E-state index >= 15 is 0 Å². The summed E-state index contributed by atoms with van der Waals surface area (Å²) in [5.74, 6) is 0. The molecule has 74 valence electrons. The second-order valence-corrected chi connectivity index (χ2v) is 4.56. The van der Waals surface area contributed by atoms with Gasteiger partial charge in [-0.05, 0) is 15.9 Å². The number of hydrogen-bond donors (Lipinski definition) is 0. The zero-order chi connectivity index (χ0) is 10.1. The minimum atomic E-state index is -2.34. The van der Waals surface area contributed by atoms with Crippen LogP contribution >= 0.6 is 15.9 Å². The van der Waals surface area contributed by atoms with Gasteiger partial charge in [0.25, 0.3) is 0 Å². The average molecular weight is 253 g/mol. The lowest BCUT2D eigenvalue weighted by molar-refractivity contribution is 0.00606. The lowest BCUT2D eigenvalue weighted by Gasteiger charge is -2.22. The predicted octanol–water partition coefficient (Wildman–Crippen LogP) is 2.94. The van der Waals surface area contributed by atoms with E-state index in [-0.39, 0.29) is 6.54 Å². The minimum Gasteiger partial charge on any atom is -0.271 e. The fraction of sp³-hybridized carbons (Fsp3) is 0.625. The Morgan fingerprint density at radius 1 is 1.62 bits per heavy atom. The maximum atomic E-state index is 12.5. The van der Waals surface area contributed by atoms with Crippen molar-refractivity contribution >= 4 is 15.9 Å². The Balaban J connectivity index is 2.68. The summed E-state index contributed by atoms with van der Waals surface area (Å²) in [7, 11) is 0. The van der Waals surface area contributed by atoms with E-state index in [9.17, 15) is 8.78 Å². The first kappa shape index (κ1) is 10.6. The molecule has 0 atom stereocenters. The van der Waals surface area contributed by atoms with Gasteiger partial charge in [-0.15, -0.1) is 0 Å². The number of nitrogens with zero attached hydrogens (tertiary/aromatic N) is 2. The third-order valence-corrected chi connectivity index (χ3v) is 2.17. The van der Waals surface area contributed by atoms with Crippen LogP contribution in [0.3, 0.4) is 0 Å². The fourth-order valence-corrected chi connectivity index (χ4v) is 1.24. The molecule has 5 heteroatoms. The predicted molar refractivity (Wildman–Crippen MR) is 49.7 cm³/mol. The Kier molecular flexibility index (Phi) is 3.05. The molecular weight excluding hydrogens is 242 g/mol. The molecule has 0 amide bonds. The standard InChI is InChI=1S/C8H11BrF2N2/c1-8(2,7(10)11)5-13-4-6(9)3-12-13/h3-4,7H,5H2,1-2H3. The maximum Gasteiger partial charge on any atom is 0.245 e. The van der Waals surface area contributed by atoms with E-state index in [4.69, 9.17) is 0 Å². The summed E-state index contributed by atoms with van der Waals surface area (Å²) in [5, 5.41) is 3.92. The first-order valence-corrected chi connectivity index (χ1v) is 4.67. The summed E-state index contributed by atoms with van der Waals surface area (Å²) in [4.78, 5) is 0. The normalized spacial score (nSPS) is 12.5. The van der Waals surface area contributed by atoms with E-state index in [1.807, 2.05) is 0 Å².